The predicted octanol–water partition coefficient (Wildman–Crippen LogP) is 8.40. The number of hydrogen-bond donors (Lipinski definition) is 1. The summed E-state index contributed by atoms with van der Waals surface area (Å²) in [4.78, 5) is 45.5. The van der Waals surface area contributed by atoms with E-state index in [-0.39, 0.29) is 30.4 Å². The van der Waals surface area contributed by atoms with Crippen LogP contribution in [0.4, 0.5) is 14.9 Å². The third-order valence-electron chi connectivity index (χ3n) is 8.49. The summed E-state index contributed by atoms with van der Waals surface area (Å²) in [5, 5.41) is 2.90. The molecular weight excluding hydrogens is 642 g/mol. The van der Waals surface area contributed by atoms with Gasteiger partial charge in [0.2, 0.25) is 5.91 Å². The van der Waals surface area contributed by atoms with Gasteiger partial charge in [-0.15, -0.1) is 0 Å². The fraction of sp³-hybridized carbons (Fsp3) is 0.526. The number of hydrogen-bond acceptors (Lipinski definition) is 7. The minimum Gasteiger partial charge on any atom is -0.463 e. The number of benzene rings is 2. The number of carbonyl (C=O) groups is 3. The van der Waals surface area contributed by atoms with Crippen LogP contribution >= 0.6 is 0 Å². The molecule has 0 spiro atoms. The number of amidine groups is 1. The van der Waals surface area contributed by atoms with Gasteiger partial charge in [0, 0.05) is 37.3 Å². The van der Waals surface area contributed by atoms with Gasteiger partial charge >= 0.3 is 12.1 Å². The second-order valence-electron chi connectivity index (χ2n) is 14.8. The summed E-state index contributed by atoms with van der Waals surface area (Å²) >= 11 is 0. The Bertz CT molecular complexity index is 1520. The van der Waals surface area contributed by atoms with Crippen molar-refractivity contribution in [2.75, 3.05) is 33.0 Å². The standard InChI is InChI=1S/C38H54FN3O6Si/c1-10-19-42(20-11-21-47-49(8,9)38(5,6)7)35(44)31-24-30-17-16-29(28-14-12-27(13-15-28)23-34(43)46-22-18-39)25-32(30)40-33(26-31)41-36(45)48-37(2,3)4/h12-17,24-25H,10-11,18-23,26H2,1-9H3,(H,40,41,45). The zero-order valence-electron chi connectivity index (χ0n) is 30.7. The van der Waals surface area contributed by atoms with E-state index in [0.29, 0.717) is 36.8 Å². The molecule has 0 aliphatic carbocycles. The van der Waals surface area contributed by atoms with Crippen molar-refractivity contribution in [3.8, 4) is 11.1 Å². The van der Waals surface area contributed by atoms with E-state index >= 15 is 0 Å². The molecule has 0 saturated heterocycles. The average molecular weight is 696 g/mol. The molecule has 1 heterocycles. The van der Waals surface area contributed by atoms with E-state index in [2.05, 4.69) is 39.2 Å². The lowest BCUT2D eigenvalue weighted by Crippen LogP contribution is -2.42. The minimum absolute atomic E-state index is 0.0504. The molecule has 268 valence electrons. The predicted molar refractivity (Wildman–Crippen MR) is 196 cm³/mol. The first-order valence-corrected chi connectivity index (χ1v) is 20.0. The number of nitrogens with one attached hydrogen (secondary N) is 1. The van der Waals surface area contributed by atoms with Gasteiger partial charge < -0.3 is 18.8 Å². The Morgan fingerprint density at radius 1 is 0.959 bits per heavy atom. The first-order valence-electron chi connectivity index (χ1n) is 17.1. The average Bonchev–Trinajstić information content (AvgIpc) is 3.18. The fourth-order valence-corrected chi connectivity index (χ4v) is 6.04. The second kappa shape index (κ2) is 17.2. The number of alkyl carbamates (subject to hydrolysis) is 1. The topological polar surface area (TPSA) is 107 Å². The van der Waals surface area contributed by atoms with Gasteiger partial charge in [-0.3, -0.25) is 14.9 Å². The molecule has 1 N–H and O–H groups in total. The smallest absolute Gasteiger partial charge is 0.413 e. The third-order valence-corrected chi connectivity index (χ3v) is 13.0. The molecule has 0 saturated carbocycles. The first kappa shape index (κ1) is 39.6. The number of aliphatic imine (C=N–C) groups is 1. The van der Waals surface area contributed by atoms with E-state index in [4.69, 9.17) is 18.9 Å². The first-order chi connectivity index (χ1) is 22.9. The zero-order valence-corrected chi connectivity index (χ0v) is 31.7. The van der Waals surface area contributed by atoms with Crippen molar-refractivity contribution >= 4 is 43.9 Å². The van der Waals surface area contributed by atoms with E-state index in [9.17, 15) is 18.8 Å². The van der Waals surface area contributed by atoms with Crippen molar-refractivity contribution in [3.05, 3.63) is 59.2 Å². The van der Waals surface area contributed by atoms with Crippen LogP contribution in [0.15, 0.2) is 53.0 Å². The molecule has 0 aromatic heterocycles. The summed E-state index contributed by atoms with van der Waals surface area (Å²) < 4.78 is 29.1. The number of ether oxygens (including phenoxy) is 2. The molecule has 2 aromatic rings. The lowest BCUT2D eigenvalue weighted by molar-refractivity contribution is -0.143. The van der Waals surface area contributed by atoms with Gasteiger partial charge in [0.05, 0.1) is 12.1 Å². The Balaban J connectivity index is 1.89. The third kappa shape index (κ3) is 12.2. The number of halogens is 1. The Labute approximate surface area is 292 Å². The molecule has 0 bridgehead atoms. The van der Waals surface area contributed by atoms with E-state index in [0.717, 1.165) is 35.1 Å². The highest BCUT2D eigenvalue weighted by Gasteiger charge is 2.37. The molecule has 11 heteroatoms. The molecule has 1 aliphatic rings. The van der Waals surface area contributed by atoms with E-state index in [1.807, 2.05) is 60.4 Å². The molecule has 3 rings (SSSR count). The van der Waals surface area contributed by atoms with Gasteiger partial charge in [-0.2, -0.15) is 0 Å². The van der Waals surface area contributed by atoms with Crippen molar-refractivity contribution < 1.29 is 32.7 Å². The molecule has 9 nitrogen and oxygen atoms in total. The molecule has 0 unspecified atom stereocenters. The summed E-state index contributed by atoms with van der Waals surface area (Å²) in [5.74, 6) is -0.279. The van der Waals surface area contributed by atoms with Gasteiger partial charge in [-0.25, -0.2) is 14.2 Å². The van der Waals surface area contributed by atoms with E-state index < -0.39 is 32.7 Å². The SMILES string of the molecule is CCCN(CCCO[Si](C)(C)C(C)(C)C)C(=O)C1=Cc2ccc(-c3ccc(CC(=O)OCCF)cc3)cc2N=C(NC(=O)OC(C)(C)C)C1. The Morgan fingerprint density at radius 2 is 1.63 bits per heavy atom. The summed E-state index contributed by atoms with van der Waals surface area (Å²) in [7, 11) is -1.90. The monoisotopic (exact) mass is 695 g/mol. The van der Waals surface area contributed by atoms with Crippen molar-refractivity contribution in [2.24, 2.45) is 4.99 Å². The summed E-state index contributed by atoms with van der Waals surface area (Å²) in [6.07, 6.45) is 2.91. The van der Waals surface area contributed by atoms with Crippen LogP contribution in [0.25, 0.3) is 17.2 Å². The van der Waals surface area contributed by atoms with Crippen LogP contribution < -0.4 is 5.32 Å². The van der Waals surface area contributed by atoms with Gasteiger partial charge in [0.1, 0.15) is 24.7 Å². The lowest BCUT2D eigenvalue weighted by Gasteiger charge is -2.36. The molecule has 2 aromatic carbocycles. The molecule has 0 fully saturated rings. The fourth-order valence-electron chi connectivity index (χ4n) is 4.95. The number of carbonyl (C=O) groups excluding carboxylic acids is 3. The number of nitrogens with zero attached hydrogens (tertiary/aromatic N) is 2. The summed E-state index contributed by atoms with van der Waals surface area (Å²) in [5.41, 5.74) is 3.65. The highest BCUT2D eigenvalue weighted by Crippen LogP contribution is 2.37. The highest BCUT2D eigenvalue weighted by molar-refractivity contribution is 6.74. The van der Waals surface area contributed by atoms with Crippen molar-refractivity contribution in [1.82, 2.24) is 10.2 Å². The van der Waals surface area contributed by atoms with Crippen molar-refractivity contribution in [1.29, 1.82) is 0 Å². The largest absolute Gasteiger partial charge is 0.463 e. The van der Waals surface area contributed by atoms with Gasteiger partial charge in [0.15, 0.2) is 8.32 Å². The van der Waals surface area contributed by atoms with Crippen LogP contribution in [0.2, 0.25) is 18.1 Å². The normalized spacial score (nSPS) is 13.4. The van der Waals surface area contributed by atoms with Gasteiger partial charge in [-0.05, 0) is 80.6 Å². The Hall–Kier alpha value is -3.83. The quantitative estimate of drug-likeness (QED) is 0.128. The Kier molecular flexibility index (Phi) is 13.9. The maximum Gasteiger partial charge on any atom is 0.413 e. The van der Waals surface area contributed by atoms with Crippen LogP contribution in [-0.4, -0.2) is 75.6 Å². The molecule has 1 aliphatic heterocycles. The molecular formula is C38H54FN3O6Si. The molecule has 49 heavy (non-hydrogen) atoms. The number of alkyl halides is 1. The maximum absolute atomic E-state index is 14.1. The summed E-state index contributed by atoms with van der Waals surface area (Å²) in [6, 6.07) is 13.2. The van der Waals surface area contributed by atoms with E-state index in [1.54, 1.807) is 20.8 Å². The summed E-state index contributed by atoms with van der Waals surface area (Å²) in [6.45, 7) is 19.3. The van der Waals surface area contributed by atoms with Crippen LogP contribution in [0.1, 0.15) is 78.9 Å². The number of esters is 1. The lowest BCUT2D eigenvalue weighted by atomic mass is 9.99. The Morgan fingerprint density at radius 3 is 2.24 bits per heavy atom. The van der Waals surface area contributed by atoms with Gasteiger partial charge in [-0.1, -0.05) is 64.1 Å². The number of fused-ring (bicyclic) bond motifs is 1. The van der Waals surface area contributed by atoms with Crippen LogP contribution in [0.3, 0.4) is 0 Å². The maximum atomic E-state index is 14.1. The minimum atomic E-state index is -1.90. The molecule has 0 atom stereocenters. The number of rotatable bonds is 13. The van der Waals surface area contributed by atoms with Crippen molar-refractivity contribution in [2.45, 2.75) is 97.9 Å². The number of amides is 2. The van der Waals surface area contributed by atoms with Crippen LogP contribution in [0.5, 0.6) is 0 Å². The highest BCUT2D eigenvalue weighted by atomic mass is 28.4. The molecule has 0 radical (unpaired) electrons. The molecule has 2 amide bonds. The van der Waals surface area contributed by atoms with Crippen molar-refractivity contribution in [3.63, 3.8) is 0 Å². The van der Waals surface area contributed by atoms with Crippen LogP contribution in [-0.2, 0) is 29.9 Å². The zero-order chi connectivity index (χ0) is 36.4. The second-order valence-corrected chi connectivity index (χ2v) is 19.7. The van der Waals surface area contributed by atoms with Gasteiger partial charge in [0.25, 0.3) is 0 Å². The van der Waals surface area contributed by atoms with Crippen LogP contribution in [0, 0.1) is 0 Å². The van der Waals surface area contributed by atoms with E-state index in [1.165, 1.54) is 0 Å².